The van der Waals surface area contributed by atoms with Crippen molar-refractivity contribution < 1.29 is 13.9 Å². The van der Waals surface area contributed by atoms with Crippen LogP contribution in [-0.4, -0.2) is 18.1 Å². The summed E-state index contributed by atoms with van der Waals surface area (Å²) in [5.74, 6) is -0.357. The highest BCUT2D eigenvalue weighted by Gasteiger charge is 2.28. The van der Waals surface area contributed by atoms with Gasteiger partial charge in [0.05, 0.1) is 13.0 Å². The molecule has 0 aliphatic heterocycles. The molecule has 1 saturated carbocycles. The Bertz CT molecular complexity index is 400. The fraction of sp³-hybridized carbons (Fsp3) is 0.538. The Morgan fingerprint density at radius 3 is 2.71 bits per heavy atom. The topological polar surface area (TPSA) is 39.2 Å². The second-order valence-electron chi connectivity index (χ2n) is 4.46. The summed E-state index contributed by atoms with van der Waals surface area (Å²) < 4.78 is 18.2. The molecule has 1 aromatic rings. The minimum absolute atomic E-state index is 0.0176. The van der Waals surface area contributed by atoms with Gasteiger partial charge in [0, 0.05) is 11.8 Å². The lowest BCUT2D eigenvalue weighted by atomic mass is 9.79. The second-order valence-corrected chi connectivity index (χ2v) is 4.46. The van der Waals surface area contributed by atoms with Crippen molar-refractivity contribution in [3.05, 3.63) is 29.8 Å². The summed E-state index contributed by atoms with van der Waals surface area (Å²) in [7, 11) is 1.41. The third kappa shape index (κ3) is 2.62. The van der Waals surface area contributed by atoms with Gasteiger partial charge in [0.15, 0.2) is 0 Å². The minimum Gasteiger partial charge on any atom is -0.469 e. The van der Waals surface area contributed by atoms with Crippen LogP contribution in [0.25, 0.3) is 0 Å². The predicted molar refractivity (Wildman–Crippen MR) is 60.9 cm³/mol. The number of methoxy groups -OCH3 is 1. The van der Waals surface area contributed by atoms with Gasteiger partial charge in [0.1, 0.15) is 0 Å². The van der Waals surface area contributed by atoms with Crippen LogP contribution in [0, 0.1) is 11.9 Å². The molecule has 1 aromatic heterocycles. The summed E-state index contributed by atoms with van der Waals surface area (Å²) in [6, 6.07) is 3.54. The first-order chi connectivity index (χ1) is 8.22. The Kier molecular flexibility index (Phi) is 3.71. The summed E-state index contributed by atoms with van der Waals surface area (Å²) in [4.78, 5) is 15.0. The SMILES string of the molecule is COC(=O)C1CCC(c2cccnc2F)CC1. The van der Waals surface area contributed by atoms with Gasteiger partial charge in [0.25, 0.3) is 0 Å². The molecule has 0 saturated heterocycles. The molecule has 17 heavy (non-hydrogen) atoms. The van der Waals surface area contributed by atoms with E-state index in [2.05, 4.69) is 4.98 Å². The molecule has 1 aliphatic carbocycles. The lowest BCUT2D eigenvalue weighted by Gasteiger charge is -2.27. The van der Waals surface area contributed by atoms with Gasteiger partial charge in [-0.1, -0.05) is 6.07 Å². The van der Waals surface area contributed by atoms with Crippen molar-refractivity contribution in [2.24, 2.45) is 5.92 Å². The van der Waals surface area contributed by atoms with E-state index in [1.807, 2.05) is 0 Å². The number of carbonyl (C=O) groups is 1. The Morgan fingerprint density at radius 2 is 2.12 bits per heavy atom. The highest BCUT2D eigenvalue weighted by Crippen LogP contribution is 2.36. The van der Waals surface area contributed by atoms with Gasteiger partial charge < -0.3 is 4.74 Å². The summed E-state index contributed by atoms with van der Waals surface area (Å²) in [6.07, 6.45) is 4.64. The molecule has 1 aliphatic rings. The van der Waals surface area contributed by atoms with Crippen LogP contribution in [0.15, 0.2) is 18.3 Å². The highest BCUT2D eigenvalue weighted by atomic mass is 19.1. The van der Waals surface area contributed by atoms with E-state index >= 15 is 0 Å². The molecule has 0 radical (unpaired) electrons. The van der Waals surface area contributed by atoms with E-state index in [0.29, 0.717) is 5.56 Å². The van der Waals surface area contributed by atoms with Gasteiger partial charge >= 0.3 is 5.97 Å². The van der Waals surface area contributed by atoms with E-state index in [-0.39, 0.29) is 23.8 Å². The van der Waals surface area contributed by atoms with Crippen LogP contribution >= 0.6 is 0 Å². The number of esters is 1. The molecule has 92 valence electrons. The van der Waals surface area contributed by atoms with Crippen molar-refractivity contribution in [2.45, 2.75) is 31.6 Å². The molecule has 3 nitrogen and oxygen atoms in total. The van der Waals surface area contributed by atoms with Gasteiger partial charge in [-0.25, -0.2) is 4.98 Å². The third-order valence-electron chi connectivity index (χ3n) is 3.49. The van der Waals surface area contributed by atoms with Crippen LogP contribution in [0.4, 0.5) is 4.39 Å². The molecular formula is C13H16FNO2. The van der Waals surface area contributed by atoms with Gasteiger partial charge in [-0.3, -0.25) is 4.79 Å². The monoisotopic (exact) mass is 237 g/mol. The number of ether oxygens (including phenoxy) is 1. The largest absolute Gasteiger partial charge is 0.469 e. The number of rotatable bonds is 2. The van der Waals surface area contributed by atoms with E-state index in [1.165, 1.54) is 13.3 Å². The molecule has 0 spiro atoms. The van der Waals surface area contributed by atoms with Crippen molar-refractivity contribution in [1.29, 1.82) is 0 Å². The average molecular weight is 237 g/mol. The number of aromatic nitrogens is 1. The quantitative estimate of drug-likeness (QED) is 0.586. The number of pyridine rings is 1. The minimum atomic E-state index is -0.381. The van der Waals surface area contributed by atoms with E-state index in [1.54, 1.807) is 12.1 Å². The van der Waals surface area contributed by atoms with Gasteiger partial charge in [0.2, 0.25) is 5.95 Å². The number of halogens is 1. The second kappa shape index (κ2) is 5.25. The normalized spacial score (nSPS) is 24.4. The zero-order valence-corrected chi connectivity index (χ0v) is 9.86. The summed E-state index contributed by atoms with van der Waals surface area (Å²) >= 11 is 0. The maximum Gasteiger partial charge on any atom is 0.308 e. The number of hydrogen-bond acceptors (Lipinski definition) is 3. The molecule has 1 heterocycles. The van der Waals surface area contributed by atoms with Crippen molar-refractivity contribution >= 4 is 5.97 Å². The van der Waals surface area contributed by atoms with Crippen LogP contribution in [0.5, 0.6) is 0 Å². The molecular weight excluding hydrogens is 221 g/mol. The van der Waals surface area contributed by atoms with Crippen LogP contribution in [-0.2, 0) is 9.53 Å². The summed E-state index contributed by atoms with van der Waals surface area (Å²) in [5.41, 5.74) is 0.677. The van der Waals surface area contributed by atoms with Crippen molar-refractivity contribution in [3.8, 4) is 0 Å². The maximum absolute atomic E-state index is 13.5. The fourth-order valence-electron chi connectivity index (χ4n) is 2.51. The fourth-order valence-corrected chi connectivity index (χ4v) is 2.51. The Balaban J connectivity index is 2.00. The van der Waals surface area contributed by atoms with Gasteiger partial charge in [-0.05, 0) is 37.7 Å². The van der Waals surface area contributed by atoms with Crippen LogP contribution in [0.3, 0.4) is 0 Å². The highest BCUT2D eigenvalue weighted by molar-refractivity contribution is 5.72. The van der Waals surface area contributed by atoms with Crippen molar-refractivity contribution in [3.63, 3.8) is 0 Å². The Morgan fingerprint density at radius 1 is 1.41 bits per heavy atom. The zero-order valence-electron chi connectivity index (χ0n) is 9.86. The van der Waals surface area contributed by atoms with E-state index in [9.17, 15) is 9.18 Å². The third-order valence-corrected chi connectivity index (χ3v) is 3.49. The van der Waals surface area contributed by atoms with E-state index in [4.69, 9.17) is 4.74 Å². The van der Waals surface area contributed by atoms with Crippen LogP contribution in [0.2, 0.25) is 0 Å². The molecule has 0 unspecified atom stereocenters. The lowest BCUT2D eigenvalue weighted by Crippen LogP contribution is -2.22. The maximum atomic E-state index is 13.5. The first-order valence-corrected chi connectivity index (χ1v) is 5.90. The molecule has 1 fully saturated rings. The summed E-state index contributed by atoms with van der Waals surface area (Å²) in [5, 5.41) is 0. The standard InChI is InChI=1S/C13H16FNO2/c1-17-13(16)10-6-4-9(5-7-10)11-3-2-8-15-12(11)14/h2-3,8-10H,4-7H2,1H3. The number of nitrogens with zero attached hydrogens (tertiary/aromatic N) is 1. The van der Waals surface area contributed by atoms with E-state index < -0.39 is 0 Å². The molecule has 4 heteroatoms. The zero-order chi connectivity index (χ0) is 12.3. The summed E-state index contributed by atoms with van der Waals surface area (Å²) in [6.45, 7) is 0. The molecule has 2 rings (SSSR count). The molecule has 0 aromatic carbocycles. The lowest BCUT2D eigenvalue weighted by molar-refractivity contribution is -0.146. The predicted octanol–water partition coefficient (Wildman–Crippen LogP) is 2.67. The van der Waals surface area contributed by atoms with Gasteiger partial charge in [-0.2, -0.15) is 4.39 Å². The number of hydrogen-bond donors (Lipinski definition) is 0. The number of carbonyl (C=O) groups excluding carboxylic acids is 1. The van der Waals surface area contributed by atoms with Crippen LogP contribution in [0.1, 0.15) is 37.2 Å². The van der Waals surface area contributed by atoms with Crippen LogP contribution < -0.4 is 0 Å². The smallest absolute Gasteiger partial charge is 0.308 e. The molecule has 0 atom stereocenters. The molecule has 0 bridgehead atoms. The first kappa shape index (κ1) is 12.0. The Hall–Kier alpha value is -1.45. The van der Waals surface area contributed by atoms with Crippen molar-refractivity contribution in [1.82, 2.24) is 4.98 Å². The Labute approximate surface area is 100 Å². The molecule has 0 amide bonds. The average Bonchev–Trinajstić information content (AvgIpc) is 2.39. The molecule has 0 N–H and O–H groups in total. The van der Waals surface area contributed by atoms with E-state index in [0.717, 1.165) is 25.7 Å². The van der Waals surface area contributed by atoms with Crippen molar-refractivity contribution in [2.75, 3.05) is 7.11 Å². The van der Waals surface area contributed by atoms with Gasteiger partial charge in [-0.15, -0.1) is 0 Å². The first-order valence-electron chi connectivity index (χ1n) is 5.90.